The van der Waals surface area contributed by atoms with Gasteiger partial charge in [0.15, 0.2) is 11.5 Å². The number of Topliss-reactive ketones (excluding diaryl/α,β-unsaturated/α-hetero) is 1. The van der Waals surface area contributed by atoms with E-state index in [0.29, 0.717) is 42.5 Å². The lowest BCUT2D eigenvalue weighted by Crippen LogP contribution is -2.42. The van der Waals surface area contributed by atoms with E-state index in [9.17, 15) is 19.7 Å². The standard InChI is InChI=1S/C25H31N5O6/c1-24(2,3)36-23(32)29-13-6-8-14(9-7-13)35-16-11-10-15-17(20(16)30(33)34)21(31)25(4,5)18-19(15)27-12-28-22(18)26/h10-14H,6-9H2,1-5H3,(H,29,32)(H2,26,27,28). The van der Waals surface area contributed by atoms with E-state index in [2.05, 4.69) is 15.3 Å². The smallest absolute Gasteiger partial charge is 0.407 e. The molecule has 0 unspecified atom stereocenters. The number of amides is 1. The third-order valence-electron chi connectivity index (χ3n) is 6.56. The van der Waals surface area contributed by atoms with Gasteiger partial charge in [0.2, 0.25) is 0 Å². The predicted molar refractivity (Wildman–Crippen MR) is 132 cm³/mol. The largest absolute Gasteiger partial charge is 0.483 e. The number of rotatable bonds is 4. The Morgan fingerprint density at radius 2 is 1.86 bits per heavy atom. The number of aromatic nitrogens is 2. The number of benzene rings is 1. The molecule has 1 aromatic heterocycles. The molecule has 11 nitrogen and oxygen atoms in total. The van der Waals surface area contributed by atoms with Crippen LogP contribution in [0.2, 0.25) is 0 Å². The van der Waals surface area contributed by atoms with Crippen LogP contribution in [0, 0.1) is 10.1 Å². The Labute approximate surface area is 208 Å². The molecule has 1 heterocycles. The number of carbonyl (C=O) groups excluding carboxylic acids is 2. The summed E-state index contributed by atoms with van der Waals surface area (Å²) >= 11 is 0. The topological polar surface area (TPSA) is 160 Å². The lowest BCUT2D eigenvalue weighted by Gasteiger charge is -2.33. The Balaban J connectivity index is 1.58. The number of nitro benzene ring substituents is 1. The molecule has 3 N–H and O–H groups in total. The van der Waals surface area contributed by atoms with Gasteiger partial charge in [0.05, 0.1) is 22.1 Å². The SMILES string of the molecule is CC(C)(C)OC(=O)NC1CCC(Oc2ccc3c(c2[N+](=O)[O-])C(=O)C(C)(C)c2c(N)ncnc2-3)CC1. The number of fused-ring (bicyclic) bond motifs is 3. The van der Waals surface area contributed by atoms with Crippen LogP contribution >= 0.6 is 0 Å². The molecule has 2 aliphatic rings. The van der Waals surface area contributed by atoms with E-state index in [-0.39, 0.29) is 35.0 Å². The normalized spacial score (nSPS) is 20.6. The number of ketones is 1. The van der Waals surface area contributed by atoms with E-state index < -0.39 is 27.8 Å². The molecule has 36 heavy (non-hydrogen) atoms. The maximum atomic E-state index is 13.5. The summed E-state index contributed by atoms with van der Waals surface area (Å²) in [5.41, 5.74) is 5.13. The number of hydrogen-bond donors (Lipinski definition) is 2. The fraction of sp³-hybridized carbons (Fsp3) is 0.520. The number of alkyl carbamates (subject to hydrolysis) is 1. The zero-order chi connectivity index (χ0) is 26.4. The number of carbonyl (C=O) groups is 2. The number of anilines is 1. The van der Waals surface area contributed by atoms with Crippen LogP contribution < -0.4 is 15.8 Å². The van der Waals surface area contributed by atoms with Crippen LogP contribution in [-0.4, -0.2) is 44.5 Å². The molecule has 0 spiro atoms. The van der Waals surface area contributed by atoms with Crippen molar-refractivity contribution in [1.29, 1.82) is 0 Å². The summed E-state index contributed by atoms with van der Waals surface area (Å²) in [6.45, 7) is 8.72. The average Bonchev–Trinajstić information content (AvgIpc) is 2.77. The van der Waals surface area contributed by atoms with Crippen molar-refractivity contribution in [3.05, 3.63) is 39.7 Å². The molecule has 0 bridgehead atoms. The van der Waals surface area contributed by atoms with Crippen molar-refractivity contribution in [1.82, 2.24) is 15.3 Å². The molecule has 1 saturated carbocycles. The highest BCUT2D eigenvalue weighted by Gasteiger charge is 2.46. The summed E-state index contributed by atoms with van der Waals surface area (Å²) in [6, 6.07) is 3.06. The van der Waals surface area contributed by atoms with E-state index in [1.165, 1.54) is 12.4 Å². The van der Waals surface area contributed by atoms with Crippen molar-refractivity contribution in [3.63, 3.8) is 0 Å². The van der Waals surface area contributed by atoms with Crippen LogP contribution in [0.5, 0.6) is 5.75 Å². The molecular formula is C25H31N5O6. The molecule has 0 saturated heterocycles. The molecule has 0 radical (unpaired) electrons. The van der Waals surface area contributed by atoms with Gasteiger partial charge < -0.3 is 20.5 Å². The minimum Gasteiger partial charge on any atom is -0.483 e. The van der Waals surface area contributed by atoms with E-state index in [4.69, 9.17) is 15.2 Å². The Morgan fingerprint density at radius 1 is 1.19 bits per heavy atom. The van der Waals surface area contributed by atoms with E-state index in [0.717, 1.165) is 0 Å². The summed E-state index contributed by atoms with van der Waals surface area (Å²) < 4.78 is 11.4. The van der Waals surface area contributed by atoms with Crippen molar-refractivity contribution in [2.75, 3.05) is 5.73 Å². The number of nitrogens with one attached hydrogen (secondary N) is 1. The first-order chi connectivity index (χ1) is 16.8. The van der Waals surface area contributed by atoms with Crippen molar-refractivity contribution in [3.8, 4) is 17.0 Å². The Hall–Kier alpha value is -3.76. The zero-order valence-corrected chi connectivity index (χ0v) is 21.1. The Kier molecular flexibility index (Phi) is 6.36. The molecule has 11 heteroatoms. The second-order valence-corrected chi connectivity index (χ2v) is 10.8. The quantitative estimate of drug-likeness (QED) is 0.463. The number of hydrogen-bond acceptors (Lipinski definition) is 9. The van der Waals surface area contributed by atoms with Gasteiger partial charge in [-0.2, -0.15) is 0 Å². The molecule has 1 amide bonds. The van der Waals surface area contributed by atoms with Gasteiger partial charge >= 0.3 is 11.8 Å². The number of nitro groups is 1. The Bertz CT molecular complexity index is 1230. The maximum Gasteiger partial charge on any atom is 0.407 e. The van der Waals surface area contributed by atoms with Gasteiger partial charge in [-0.25, -0.2) is 14.8 Å². The van der Waals surface area contributed by atoms with Crippen LogP contribution in [0.1, 0.15) is 76.2 Å². The molecule has 192 valence electrons. The predicted octanol–water partition coefficient (Wildman–Crippen LogP) is 4.32. The summed E-state index contributed by atoms with van der Waals surface area (Å²) in [4.78, 5) is 45.6. The van der Waals surface area contributed by atoms with Crippen LogP contribution in [0.4, 0.5) is 16.3 Å². The van der Waals surface area contributed by atoms with E-state index in [1.807, 2.05) is 0 Å². The number of nitrogen functional groups attached to an aromatic ring is 1. The van der Waals surface area contributed by atoms with E-state index in [1.54, 1.807) is 40.7 Å². The van der Waals surface area contributed by atoms with Crippen molar-refractivity contribution in [2.24, 2.45) is 0 Å². The third-order valence-corrected chi connectivity index (χ3v) is 6.56. The molecule has 2 aromatic rings. The molecule has 1 fully saturated rings. The van der Waals surface area contributed by atoms with Crippen molar-refractivity contribution in [2.45, 2.75) is 83.5 Å². The van der Waals surface area contributed by atoms with Crippen molar-refractivity contribution >= 4 is 23.4 Å². The van der Waals surface area contributed by atoms with Crippen LogP contribution in [0.15, 0.2) is 18.5 Å². The first-order valence-corrected chi connectivity index (χ1v) is 11.9. The van der Waals surface area contributed by atoms with Crippen LogP contribution in [0.3, 0.4) is 0 Å². The minimum atomic E-state index is -1.15. The summed E-state index contributed by atoms with van der Waals surface area (Å²) in [7, 11) is 0. The van der Waals surface area contributed by atoms with Crippen molar-refractivity contribution < 1.29 is 24.0 Å². The highest BCUT2D eigenvalue weighted by molar-refractivity contribution is 6.15. The zero-order valence-electron chi connectivity index (χ0n) is 21.1. The fourth-order valence-electron chi connectivity index (χ4n) is 4.90. The lowest BCUT2D eigenvalue weighted by atomic mass is 9.70. The number of nitrogens with zero attached hydrogens (tertiary/aromatic N) is 3. The average molecular weight is 498 g/mol. The minimum absolute atomic E-state index is 0.0339. The van der Waals surface area contributed by atoms with Gasteiger partial charge in [-0.3, -0.25) is 14.9 Å². The molecule has 4 rings (SSSR count). The molecule has 2 aliphatic carbocycles. The maximum absolute atomic E-state index is 13.5. The van der Waals surface area contributed by atoms with Crippen LogP contribution in [0.25, 0.3) is 11.3 Å². The molecule has 0 aliphatic heterocycles. The lowest BCUT2D eigenvalue weighted by molar-refractivity contribution is -0.386. The summed E-state index contributed by atoms with van der Waals surface area (Å²) in [5, 5.41) is 15.1. The van der Waals surface area contributed by atoms with Gasteiger partial charge in [0, 0.05) is 17.2 Å². The number of nitrogens with two attached hydrogens (primary N) is 1. The van der Waals surface area contributed by atoms with Gasteiger partial charge in [-0.15, -0.1) is 0 Å². The molecular weight excluding hydrogens is 466 g/mol. The van der Waals surface area contributed by atoms with E-state index >= 15 is 0 Å². The molecule has 0 atom stereocenters. The fourth-order valence-corrected chi connectivity index (χ4v) is 4.90. The second-order valence-electron chi connectivity index (χ2n) is 10.8. The Morgan fingerprint density at radius 3 is 2.47 bits per heavy atom. The third kappa shape index (κ3) is 4.69. The summed E-state index contributed by atoms with van der Waals surface area (Å²) in [6.07, 6.45) is 2.96. The summed E-state index contributed by atoms with van der Waals surface area (Å²) in [5.74, 6) is -0.227. The van der Waals surface area contributed by atoms with Gasteiger partial charge in [0.1, 0.15) is 23.3 Å². The van der Waals surface area contributed by atoms with Gasteiger partial charge in [-0.1, -0.05) is 0 Å². The van der Waals surface area contributed by atoms with Gasteiger partial charge in [0.25, 0.3) is 0 Å². The van der Waals surface area contributed by atoms with Gasteiger partial charge in [-0.05, 0) is 72.4 Å². The first-order valence-electron chi connectivity index (χ1n) is 11.9. The highest BCUT2D eigenvalue weighted by atomic mass is 16.6. The van der Waals surface area contributed by atoms with Crippen LogP contribution in [-0.2, 0) is 10.2 Å². The first kappa shape index (κ1) is 25.3. The number of ether oxygens (including phenoxy) is 2. The molecule has 1 aromatic carbocycles. The second kappa shape index (κ2) is 9.03. The monoisotopic (exact) mass is 497 g/mol. The highest BCUT2D eigenvalue weighted by Crippen LogP contribution is 2.49.